The highest BCUT2D eigenvalue weighted by Crippen LogP contribution is 2.33. The first-order chi connectivity index (χ1) is 16.5. The molecule has 0 saturated heterocycles. The van der Waals surface area contributed by atoms with Crippen LogP contribution in [0.25, 0.3) is 11.4 Å². The molecule has 0 aliphatic heterocycles. The molecule has 3 aromatic carbocycles. The molecule has 0 radical (unpaired) electrons. The summed E-state index contributed by atoms with van der Waals surface area (Å²) in [6, 6.07) is 21.8. The molecule has 0 spiro atoms. The van der Waals surface area contributed by atoms with Crippen molar-refractivity contribution in [1.29, 1.82) is 0 Å². The summed E-state index contributed by atoms with van der Waals surface area (Å²) in [4.78, 5) is 12.5. The maximum absolute atomic E-state index is 12.5. The molecule has 0 bridgehead atoms. The maximum atomic E-state index is 12.5. The summed E-state index contributed by atoms with van der Waals surface area (Å²) < 4.78 is 8.39. The summed E-state index contributed by atoms with van der Waals surface area (Å²) in [5.74, 6) is 1.98. The molecule has 9 heteroatoms. The van der Waals surface area contributed by atoms with Gasteiger partial charge in [-0.2, -0.15) is 0 Å². The van der Waals surface area contributed by atoms with Crippen LogP contribution in [0.4, 0.5) is 5.69 Å². The van der Waals surface area contributed by atoms with Crippen LogP contribution < -0.4 is 10.1 Å². The van der Waals surface area contributed by atoms with Gasteiger partial charge in [-0.25, -0.2) is 0 Å². The molecule has 0 saturated carbocycles. The van der Waals surface area contributed by atoms with Gasteiger partial charge in [0.2, 0.25) is 5.91 Å². The lowest BCUT2D eigenvalue weighted by Gasteiger charge is -2.10. The molecule has 1 heterocycles. The first-order valence-electron chi connectivity index (χ1n) is 10.3. The van der Waals surface area contributed by atoms with Gasteiger partial charge in [0.05, 0.1) is 11.3 Å². The van der Waals surface area contributed by atoms with E-state index in [-0.39, 0.29) is 17.4 Å². The molecule has 0 aliphatic carbocycles. The van der Waals surface area contributed by atoms with Crippen molar-refractivity contribution in [2.45, 2.75) is 11.7 Å². The molecule has 0 atom stereocenters. The van der Waals surface area contributed by atoms with Crippen molar-refractivity contribution in [3.8, 4) is 28.6 Å². The minimum atomic E-state index is -0.179. The van der Waals surface area contributed by atoms with Crippen molar-refractivity contribution in [3.05, 3.63) is 89.9 Å². The number of nitrogens with zero attached hydrogens (tertiary/aromatic N) is 3. The molecular formula is C25H21BrN4O3S. The number of aromatic nitrogens is 3. The second kappa shape index (κ2) is 11.0. The van der Waals surface area contributed by atoms with Crippen molar-refractivity contribution < 1.29 is 14.6 Å². The number of phenols is 1. The fourth-order valence-electron chi connectivity index (χ4n) is 3.13. The third kappa shape index (κ3) is 5.86. The van der Waals surface area contributed by atoms with E-state index in [1.165, 1.54) is 11.8 Å². The normalized spacial score (nSPS) is 10.6. The van der Waals surface area contributed by atoms with E-state index in [1.807, 2.05) is 34.9 Å². The van der Waals surface area contributed by atoms with Crippen LogP contribution in [-0.4, -0.2) is 31.5 Å². The third-order valence-corrected chi connectivity index (χ3v) is 6.14. The molecule has 34 heavy (non-hydrogen) atoms. The second-order valence-corrected chi connectivity index (χ2v) is 9.00. The van der Waals surface area contributed by atoms with Crippen LogP contribution in [0.1, 0.15) is 0 Å². The number of phenolic OH excluding ortho intramolecular Hbond substituents is 1. The van der Waals surface area contributed by atoms with Crippen molar-refractivity contribution in [2.24, 2.45) is 0 Å². The van der Waals surface area contributed by atoms with Crippen molar-refractivity contribution in [2.75, 3.05) is 11.1 Å². The number of carbonyl (C=O) groups is 1. The van der Waals surface area contributed by atoms with E-state index >= 15 is 0 Å². The summed E-state index contributed by atoms with van der Waals surface area (Å²) in [5, 5.41) is 22.1. The van der Waals surface area contributed by atoms with Gasteiger partial charge in [0, 0.05) is 16.7 Å². The van der Waals surface area contributed by atoms with Gasteiger partial charge in [-0.1, -0.05) is 52.0 Å². The molecule has 0 unspecified atom stereocenters. The highest BCUT2D eigenvalue weighted by Gasteiger charge is 2.18. The quantitative estimate of drug-likeness (QED) is 0.198. The highest BCUT2D eigenvalue weighted by molar-refractivity contribution is 9.10. The topological polar surface area (TPSA) is 89.3 Å². The summed E-state index contributed by atoms with van der Waals surface area (Å²) >= 11 is 4.67. The number of anilines is 1. The van der Waals surface area contributed by atoms with Gasteiger partial charge in [0.15, 0.2) is 11.0 Å². The monoisotopic (exact) mass is 536 g/mol. The van der Waals surface area contributed by atoms with Gasteiger partial charge in [-0.05, 0) is 54.6 Å². The molecule has 4 rings (SSSR count). The maximum Gasteiger partial charge on any atom is 0.234 e. The average molecular weight is 537 g/mol. The summed E-state index contributed by atoms with van der Waals surface area (Å²) in [6.45, 7) is 4.22. The fourth-order valence-corrected chi connectivity index (χ4v) is 4.24. The van der Waals surface area contributed by atoms with Crippen LogP contribution in [0, 0.1) is 0 Å². The molecule has 4 aromatic rings. The van der Waals surface area contributed by atoms with Gasteiger partial charge < -0.3 is 15.2 Å². The number of rotatable bonds is 9. The number of benzene rings is 3. The highest BCUT2D eigenvalue weighted by atomic mass is 79.9. The lowest BCUT2D eigenvalue weighted by atomic mass is 10.2. The number of nitrogens with one attached hydrogen (secondary N) is 1. The van der Waals surface area contributed by atoms with E-state index in [0.29, 0.717) is 34.5 Å². The van der Waals surface area contributed by atoms with Crippen LogP contribution in [0.2, 0.25) is 0 Å². The summed E-state index contributed by atoms with van der Waals surface area (Å²) in [7, 11) is 0. The minimum Gasteiger partial charge on any atom is -0.507 e. The van der Waals surface area contributed by atoms with Crippen LogP contribution in [0.15, 0.2) is 95.1 Å². The van der Waals surface area contributed by atoms with Gasteiger partial charge >= 0.3 is 0 Å². The Bertz CT molecular complexity index is 1290. The largest absolute Gasteiger partial charge is 0.507 e. The zero-order valence-corrected chi connectivity index (χ0v) is 20.4. The first kappa shape index (κ1) is 23.6. The fraction of sp³-hybridized carbons (Fsp3) is 0.0800. The van der Waals surface area contributed by atoms with Crippen LogP contribution >= 0.6 is 27.7 Å². The number of ether oxygens (including phenoxy) is 1. The Hall–Kier alpha value is -3.56. The number of carbonyl (C=O) groups excluding carboxylic acids is 1. The molecule has 0 aliphatic rings. The number of hydrogen-bond donors (Lipinski definition) is 2. The predicted octanol–water partition coefficient (Wildman–Crippen LogP) is 6.12. The Labute approximate surface area is 209 Å². The zero-order valence-electron chi connectivity index (χ0n) is 18.0. The number of aromatic hydroxyl groups is 1. The van der Waals surface area contributed by atoms with E-state index in [0.717, 1.165) is 10.2 Å². The Balaban J connectivity index is 1.39. The number of para-hydroxylation sites is 1. The molecule has 1 amide bonds. The Morgan fingerprint density at radius 2 is 1.82 bits per heavy atom. The van der Waals surface area contributed by atoms with E-state index in [9.17, 15) is 9.90 Å². The average Bonchev–Trinajstić information content (AvgIpc) is 3.24. The smallest absolute Gasteiger partial charge is 0.234 e. The molecule has 7 nitrogen and oxygen atoms in total. The molecule has 0 fully saturated rings. The number of thioether (sulfide) groups is 1. The minimum absolute atomic E-state index is 0.0925. The predicted molar refractivity (Wildman–Crippen MR) is 137 cm³/mol. The number of allylic oxidation sites excluding steroid dienone is 1. The zero-order chi connectivity index (χ0) is 23.9. The van der Waals surface area contributed by atoms with Gasteiger partial charge in [0.1, 0.15) is 17.2 Å². The van der Waals surface area contributed by atoms with Crippen molar-refractivity contribution in [3.63, 3.8) is 0 Å². The standard InChI is InChI=1S/C25H21BrN4O3S/c1-2-14-30-24(21-15-17(26)8-13-22(21)31)28-29-25(30)34-16-23(32)27-18-9-11-20(12-10-18)33-19-6-4-3-5-7-19/h2-13,15,31H,1,14,16H2,(H,27,32). The van der Waals surface area contributed by atoms with Crippen LogP contribution in [-0.2, 0) is 11.3 Å². The SMILES string of the molecule is C=CCn1c(SCC(=O)Nc2ccc(Oc3ccccc3)cc2)nnc1-c1cc(Br)ccc1O. The molecule has 2 N–H and O–H groups in total. The Morgan fingerprint density at radius 1 is 1.09 bits per heavy atom. The summed E-state index contributed by atoms with van der Waals surface area (Å²) in [6.07, 6.45) is 1.71. The van der Waals surface area contributed by atoms with Crippen LogP contribution in [0.5, 0.6) is 17.2 Å². The lowest BCUT2D eigenvalue weighted by molar-refractivity contribution is -0.113. The van der Waals surface area contributed by atoms with Crippen molar-refractivity contribution in [1.82, 2.24) is 14.8 Å². The van der Waals surface area contributed by atoms with Gasteiger partial charge in [0.25, 0.3) is 0 Å². The number of hydrogen-bond acceptors (Lipinski definition) is 6. The Morgan fingerprint density at radius 3 is 2.56 bits per heavy atom. The van der Waals surface area contributed by atoms with Gasteiger partial charge in [-0.3, -0.25) is 9.36 Å². The van der Waals surface area contributed by atoms with E-state index in [2.05, 4.69) is 38.0 Å². The van der Waals surface area contributed by atoms with E-state index in [1.54, 1.807) is 48.5 Å². The third-order valence-electron chi connectivity index (χ3n) is 4.68. The number of halogens is 1. The molecular weight excluding hydrogens is 516 g/mol. The lowest BCUT2D eigenvalue weighted by Crippen LogP contribution is -2.14. The summed E-state index contributed by atoms with van der Waals surface area (Å²) in [5.41, 5.74) is 1.20. The van der Waals surface area contributed by atoms with Crippen LogP contribution in [0.3, 0.4) is 0 Å². The second-order valence-electron chi connectivity index (χ2n) is 7.14. The molecule has 172 valence electrons. The first-order valence-corrected chi connectivity index (χ1v) is 12.1. The van der Waals surface area contributed by atoms with Crippen molar-refractivity contribution >= 4 is 39.3 Å². The number of amides is 1. The van der Waals surface area contributed by atoms with Gasteiger partial charge in [-0.15, -0.1) is 16.8 Å². The van der Waals surface area contributed by atoms with E-state index < -0.39 is 0 Å². The Kier molecular flexibility index (Phi) is 7.66. The molecule has 1 aromatic heterocycles. The van der Waals surface area contributed by atoms with E-state index in [4.69, 9.17) is 4.74 Å².